The highest BCUT2D eigenvalue weighted by atomic mass is 35.5. The predicted octanol–water partition coefficient (Wildman–Crippen LogP) is 3.08. The molecule has 3 rings (SSSR count). The van der Waals surface area contributed by atoms with Gasteiger partial charge in [0.1, 0.15) is 5.66 Å². The van der Waals surface area contributed by atoms with Crippen molar-refractivity contribution in [1.82, 2.24) is 0 Å². The van der Waals surface area contributed by atoms with Gasteiger partial charge in [-0.3, -0.25) is 4.90 Å². The number of benzene rings is 2. The van der Waals surface area contributed by atoms with Crippen LogP contribution in [0.2, 0.25) is 0 Å². The Hall–Kier alpha value is -2.53. The molecule has 25 heavy (non-hydrogen) atoms. The lowest BCUT2D eigenvalue weighted by Gasteiger charge is -2.38. The lowest BCUT2D eigenvalue weighted by molar-refractivity contribution is 0.534. The third-order valence-corrected chi connectivity index (χ3v) is 4.13. The van der Waals surface area contributed by atoms with Gasteiger partial charge in [-0.2, -0.15) is 4.99 Å². The van der Waals surface area contributed by atoms with E-state index in [-0.39, 0.29) is 18.4 Å². The first kappa shape index (κ1) is 18.8. The maximum Gasteiger partial charge on any atom is 0.220 e. The molecule has 1 aliphatic heterocycles. The predicted molar refractivity (Wildman–Crippen MR) is 107 cm³/mol. The highest BCUT2D eigenvalue weighted by Crippen LogP contribution is 2.27. The van der Waals surface area contributed by atoms with Crippen LogP contribution in [-0.2, 0) is 12.8 Å². The van der Waals surface area contributed by atoms with E-state index >= 15 is 0 Å². The van der Waals surface area contributed by atoms with Crippen LogP contribution in [0.4, 0.5) is 5.69 Å². The van der Waals surface area contributed by atoms with Gasteiger partial charge < -0.3 is 11.5 Å². The lowest BCUT2D eigenvalue weighted by atomic mass is 10.0. The second-order valence-electron chi connectivity index (χ2n) is 6.42. The van der Waals surface area contributed by atoms with E-state index in [9.17, 15) is 0 Å². The molecule has 0 radical (unpaired) electrons. The molecule has 6 heteroatoms. The standard InChI is InChI=1S/C19H23N5.ClH/c1-19(2)23-17(20)22-18(21)24(19)16-12-10-15(11-13-16)9-8-14-6-4-3-5-7-14;/h3-7,10-13H,8-9H2,1-2H3,(H4,20,21,22,23);1H. The molecule has 0 saturated carbocycles. The topological polar surface area (TPSA) is 80.0 Å². The van der Waals surface area contributed by atoms with Crippen LogP contribution in [-0.4, -0.2) is 17.6 Å². The van der Waals surface area contributed by atoms with Crippen LogP contribution in [0.15, 0.2) is 64.6 Å². The molecule has 2 aromatic carbocycles. The summed E-state index contributed by atoms with van der Waals surface area (Å²) in [6.45, 7) is 3.93. The Bertz CT molecular complexity index is 766. The second kappa shape index (κ2) is 7.57. The quantitative estimate of drug-likeness (QED) is 0.882. The molecule has 0 saturated heterocycles. The van der Waals surface area contributed by atoms with Crippen LogP contribution in [0.25, 0.3) is 0 Å². The molecule has 0 unspecified atom stereocenters. The second-order valence-corrected chi connectivity index (χ2v) is 6.42. The molecule has 0 bridgehead atoms. The molecule has 0 amide bonds. The average molecular weight is 358 g/mol. The van der Waals surface area contributed by atoms with Gasteiger partial charge in [0.25, 0.3) is 0 Å². The Balaban J connectivity index is 0.00000225. The van der Waals surface area contributed by atoms with Gasteiger partial charge in [0.05, 0.1) is 0 Å². The summed E-state index contributed by atoms with van der Waals surface area (Å²) in [5.41, 5.74) is 14.8. The summed E-state index contributed by atoms with van der Waals surface area (Å²) in [6.07, 6.45) is 2.03. The van der Waals surface area contributed by atoms with Crippen molar-refractivity contribution in [2.75, 3.05) is 4.90 Å². The van der Waals surface area contributed by atoms with Crippen molar-refractivity contribution >= 4 is 30.0 Å². The summed E-state index contributed by atoms with van der Waals surface area (Å²) in [4.78, 5) is 10.3. The number of hydrogen-bond donors (Lipinski definition) is 2. The molecule has 0 aliphatic carbocycles. The van der Waals surface area contributed by atoms with E-state index in [0.29, 0.717) is 5.96 Å². The molecule has 1 aliphatic rings. The molecule has 5 nitrogen and oxygen atoms in total. The van der Waals surface area contributed by atoms with Crippen LogP contribution in [0, 0.1) is 0 Å². The molecule has 2 aromatic rings. The van der Waals surface area contributed by atoms with Gasteiger partial charge >= 0.3 is 0 Å². The van der Waals surface area contributed by atoms with E-state index in [1.165, 1.54) is 11.1 Å². The Labute approximate surface area is 154 Å². The van der Waals surface area contributed by atoms with Gasteiger partial charge in [0.2, 0.25) is 11.9 Å². The van der Waals surface area contributed by atoms with Crippen LogP contribution >= 0.6 is 12.4 Å². The van der Waals surface area contributed by atoms with Gasteiger partial charge in [0.15, 0.2) is 0 Å². The number of nitrogens with zero attached hydrogens (tertiary/aromatic N) is 3. The van der Waals surface area contributed by atoms with E-state index in [1.54, 1.807) is 0 Å². The molecule has 0 spiro atoms. The van der Waals surface area contributed by atoms with Crippen molar-refractivity contribution < 1.29 is 0 Å². The Morgan fingerprint density at radius 3 is 2.00 bits per heavy atom. The number of anilines is 1. The molecular weight excluding hydrogens is 334 g/mol. The smallest absolute Gasteiger partial charge is 0.220 e. The van der Waals surface area contributed by atoms with Crippen molar-refractivity contribution in [3.05, 3.63) is 65.7 Å². The zero-order chi connectivity index (χ0) is 17.2. The van der Waals surface area contributed by atoms with E-state index in [4.69, 9.17) is 11.5 Å². The van der Waals surface area contributed by atoms with Crippen molar-refractivity contribution in [2.24, 2.45) is 21.5 Å². The van der Waals surface area contributed by atoms with Gasteiger partial charge in [-0.15, -0.1) is 12.4 Å². The SMILES string of the molecule is CC1(C)N=C(N)N=C(N)N1c1ccc(CCc2ccccc2)cc1.Cl. The largest absolute Gasteiger partial charge is 0.369 e. The number of guanidine groups is 2. The zero-order valence-corrected chi connectivity index (χ0v) is 15.3. The van der Waals surface area contributed by atoms with E-state index < -0.39 is 5.66 Å². The van der Waals surface area contributed by atoms with Crippen LogP contribution in [0.5, 0.6) is 0 Å². The Morgan fingerprint density at radius 2 is 1.44 bits per heavy atom. The van der Waals surface area contributed by atoms with Crippen molar-refractivity contribution in [3.8, 4) is 0 Å². The van der Waals surface area contributed by atoms with Crippen molar-refractivity contribution in [2.45, 2.75) is 32.4 Å². The monoisotopic (exact) mass is 357 g/mol. The maximum atomic E-state index is 6.06. The molecular formula is C19H24ClN5. The third kappa shape index (κ3) is 4.31. The summed E-state index contributed by atoms with van der Waals surface area (Å²) in [5, 5.41) is 0. The number of aryl methyl sites for hydroxylation is 2. The first-order chi connectivity index (χ1) is 11.5. The summed E-state index contributed by atoms with van der Waals surface area (Å²) in [7, 11) is 0. The van der Waals surface area contributed by atoms with Crippen molar-refractivity contribution in [3.63, 3.8) is 0 Å². The molecule has 0 fully saturated rings. The maximum absolute atomic E-state index is 6.06. The van der Waals surface area contributed by atoms with Gasteiger partial charge in [0, 0.05) is 5.69 Å². The Kier molecular flexibility index (Phi) is 5.69. The van der Waals surface area contributed by atoms with E-state index in [1.807, 2.05) is 24.8 Å². The van der Waals surface area contributed by atoms with Crippen molar-refractivity contribution in [1.29, 1.82) is 0 Å². The van der Waals surface area contributed by atoms with Gasteiger partial charge in [-0.1, -0.05) is 42.5 Å². The van der Waals surface area contributed by atoms with Crippen LogP contribution in [0.1, 0.15) is 25.0 Å². The van der Waals surface area contributed by atoms with Gasteiger partial charge in [-0.25, -0.2) is 4.99 Å². The third-order valence-electron chi connectivity index (χ3n) is 4.13. The number of rotatable bonds is 4. The van der Waals surface area contributed by atoms with Gasteiger partial charge in [-0.05, 0) is 49.9 Å². The molecule has 0 aromatic heterocycles. The number of hydrogen-bond acceptors (Lipinski definition) is 5. The number of halogens is 1. The highest BCUT2D eigenvalue weighted by molar-refractivity contribution is 6.05. The molecule has 1 heterocycles. The minimum atomic E-state index is -0.554. The minimum absolute atomic E-state index is 0. The highest BCUT2D eigenvalue weighted by Gasteiger charge is 2.32. The van der Waals surface area contributed by atoms with Crippen LogP contribution < -0.4 is 16.4 Å². The lowest BCUT2D eigenvalue weighted by Crippen LogP contribution is -2.54. The fraction of sp³-hybridized carbons (Fsp3) is 0.263. The van der Waals surface area contributed by atoms with E-state index in [0.717, 1.165) is 18.5 Å². The average Bonchev–Trinajstić information content (AvgIpc) is 2.53. The number of nitrogens with two attached hydrogens (primary N) is 2. The molecule has 4 N–H and O–H groups in total. The summed E-state index contributed by atoms with van der Waals surface area (Å²) < 4.78 is 0. The van der Waals surface area contributed by atoms with E-state index in [2.05, 4.69) is 58.5 Å². The summed E-state index contributed by atoms with van der Waals surface area (Å²) in [5.74, 6) is 0.581. The molecule has 0 atom stereocenters. The summed E-state index contributed by atoms with van der Waals surface area (Å²) in [6, 6.07) is 18.9. The molecule has 132 valence electrons. The fourth-order valence-corrected chi connectivity index (χ4v) is 3.00. The Morgan fingerprint density at radius 1 is 0.880 bits per heavy atom. The zero-order valence-electron chi connectivity index (χ0n) is 14.5. The fourth-order valence-electron chi connectivity index (χ4n) is 3.00. The number of aliphatic imine (C=N–C) groups is 2. The van der Waals surface area contributed by atoms with Crippen LogP contribution in [0.3, 0.4) is 0 Å². The summed E-state index contributed by atoms with van der Waals surface area (Å²) >= 11 is 0. The minimum Gasteiger partial charge on any atom is -0.369 e. The first-order valence-electron chi connectivity index (χ1n) is 8.08. The normalized spacial score (nSPS) is 15.8. The first-order valence-corrected chi connectivity index (χ1v) is 8.08.